The van der Waals surface area contributed by atoms with Gasteiger partial charge in [-0.2, -0.15) is 11.8 Å². The fourth-order valence-electron chi connectivity index (χ4n) is 2.29. The van der Waals surface area contributed by atoms with Crippen molar-refractivity contribution in [1.82, 2.24) is 19.8 Å². The summed E-state index contributed by atoms with van der Waals surface area (Å²) in [5.41, 5.74) is 2.10. The Bertz CT molecular complexity index is 629. The van der Waals surface area contributed by atoms with Gasteiger partial charge in [0.25, 0.3) is 0 Å². The minimum absolute atomic E-state index is 0.0490. The highest BCUT2D eigenvalue weighted by atomic mass is 32.2. The van der Waals surface area contributed by atoms with E-state index in [1.807, 2.05) is 49.2 Å². The first kappa shape index (κ1) is 17.4. The number of hydrogen-bond acceptors (Lipinski definition) is 3. The van der Waals surface area contributed by atoms with Crippen LogP contribution < -0.4 is 5.32 Å². The highest BCUT2D eigenvalue weighted by Gasteiger charge is 2.17. The summed E-state index contributed by atoms with van der Waals surface area (Å²) in [4.78, 5) is 18.2. The standard InChI is InChI=1S/C17H24N4OS/c1-13(11-23-4)20(3)17(22)19-14(2)15-6-5-7-16(10-15)21-9-8-18-12-21/h5-10,12-14H,11H2,1-4H3,(H,19,22)/t13-,14+/m0/s1. The molecule has 0 fully saturated rings. The van der Waals surface area contributed by atoms with E-state index in [9.17, 15) is 4.79 Å². The minimum atomic E-state index is -0.0603. The molecular weight excluding hydrogens is 308 g/mol. The Kier molecular flexibility index (Phi) is 6.10. The summed E-state index contributed by atoms with van der Waals surface area (Å²) in [7, 11) is 1.84. The maximum atomic E-state index is 12.3. The Morgan fingerprint density at radius 3 is 2.87 bits per heavy atom. The Hall–Kier alpha value is -1.95. The molecular formula is C17H24N4OS. The van der Waals surface area contributed by atoms with Crippen LogP contribution in [0.15, 0.2) is 43.0 Å². The SMILES string of the molecule is CSC[C@H](C)N(C)C(=O)N[C@H](C)c1cccc(-n2ccnc2)c1. The lowest BCUT2D eigenvalue weighted by Gasteiger charge is -2.26. The monoisotopic (exact) mass is 332 g/mol. The van der Waals surface area contributed by atoms with E-state index in [1.54, 1.807) is 29.2 Å². The highest BCUT2D eigenvalue weighted by Crippen LogP contribution is 2.17. The average Bonchev–Trinajstić information content (AvgIpc) is 3.09. The van der Waals surface area contributed by atoms with Crippen LogP contribution in [-0.2, 0) is 0 Å². The lowest BCUT2D eigenvalue weighted by Crippen LogP contribution is -2.44. The Morgan fingerprint density at radius 2 is 2.22 bits per heavy atom. The number of aromatic nitrogens is 2. The molecule has 1 N–H and O–H groups in total. The fraction of sp³-hybridized carbons (Fsp3) is 0.412. The third-order valence-electron chi connectivity index (χ3n) is 3.90. The van der Waals surface area contributed by atoms with Gasteiger partial charge in [-0.15, -0.1) is 0 Å². The van der Waals surface area contributed by atoms with Gasteiger partial charge in [0.1, 0.15) is 0 Å². The molecule has 0 bridgehead atoms. The molecule has 1 aromatic heterocycles. The number of benzene rings is 1. The number of carbonyl (C=O) groups excluding carboxylic acids is 1. The molecule has 0 radical (unpaired) electrons. The van der Waals surface area contributed by atoms with E-state index in [4.69, 9.17) is 0 Å². The van der Waals surface area contributed by atoms with E-state index >= 15 is 0 Å². The van der Waals surface area contributed by atoms with Crippen molar-refractivity contribution in [2.75, 3.05) is 19.1 Å². The van der Waals surface area contributed by atoms with Gasteiger partial charge in [-0.25, -0.2) is 9.78 Å². The lowest BCUT2D eigenvalue weighted by molar-refractivity contribution is 0.195. The zero-order valence-electron chi connectivity index (χ0n) is 14.1. The van der Waals surface area contributed by atoms with Crippen molar-refractivity contribution >= 4 is 17.8 Å². The van der Waals surface area contributed by atoms with E-state index in [-0.39, 0.29) is 18.1 Å². The molecule has 23 heavy (non-hydrogen) atoms. The van der Waals surface area contributed by atoms with Crippen LogP contribution >= 0.6 is 11.8 Å². The van der Waals surface area contributed by atoms with Crippen LogP contribution in [0.1, 0.15) is 25.5 Å². The first-order valence-electron chi connectivity index (χ1n) is 7.63. The zero-order chi connectivity index (χ0) is 16.8. The molecule has 2 rings (SSSR count). The van der Waals surface area contributed by atoms with Crippen molar-refractivity contribution in [1.29, 1.82) is 0 Å². The third-order valence-corrected chi connectivity index (χ3v) is 4.72. The number of imidazole rings is 1. The van der Waals surface area contributed by atoms with Crippen LogP contribution in [0.25, 0.3) is 5.69 Å². The molecule has 0 aliphatic carbocycles. The van der Waals surface area contributed by atoms with Crippen molar-refractivity contribution in [3.8, 4) is 5.69 Å². The summed E-state index contributed by atoms with van der Waals surface area (Å²) in [6.07, 6.45) is 7.47. The van der Waals surface area contributed by atoms with Crippen LogP contribution in [-0.4, -0.2) is 45.6 Å². The summed E-state index contributed by atoms with van der Waals surface area (Å²) in [6, 6.07) is 8.20. The largest absolute Gasteiger partial charge is 0.331 e. The number of nitrogens with one attached hydrogen (secondary N) is 1. The van der Waals surface area contributed by atoms with E-state index < -0.39 is 0 Å². The number of hydrogen-bond donors (Lipinski definition) is 1. The molecule has 0 saturated heterocycles. The highest BCUT2D eigenvalue weighted by molar-refractivity contribution is 7.98. The molecule has 5 nitrogen and oxygen atoms in total. The van der Waals surface area contributed by atoms with Gasteiger partial charge in [-0.05, 0) is 37.8 Å². The van der Waals surface area contributed by atoms with Gasteiger partial charge in [-0.3, -0.25) is 0 Å². The minimum Gasteiger partial charge on any atom is -0.331 e. The number of nitrogens with zero attached hydrogens (tertiary/aromatic N) is 3. The van der Waals surface area contributed by atoms with Crippen LogP contribution in [0.2, 0.25) is 0 Å². The first-order valence-corrected chi connectivity index (χ1v) is 9.03. The van der Waals surface area contributed by atoms with Gasteiger partial charge < -0.3 is 14.8 Å². The molecule has 2 amide bonds. The summed E-state index contributed by atoms with van der Waals surface area (Å²) >= 11 is 1.74. The van der Waals surface area contributed by atoms with Gasteiger partial charge in [0.2, 0.25) is 0 Å². The first-order chi connectivity index (χ1) is 11.0. The smallest absolute Gasteiger partial charge is 0.317 e. The van der Waals surface area contributed by atoms with Crippen LogP contribution in [0, 0.1) is 0 Å². The van der Waals surface area contributed by atoms with Gasteiger partial charge in [0.05, 0.1) is 12.4 Å². The van der Waals surface area contributed by atoms with Crippen molar-refractivity contribution in [2.45, 2.75) is 25.9 Å². The normalized spacial score (nSPS) is 13.4. The van der Waals surface area contributed by atoms with E-state index in [0.717, 1.165) is 17.0 Å². The van der Waals surface area contributed by atoms with Crippen molar-refractivity contribution < 1.29 is 4.79 Å². The van der Waals surface area contributed by atoms with Gasteiger partial charge in [0.15, 0.2) is 0 Å². The van der Waals surface area contributed by atoms with E-state index in [0.29, 0.717) is 0 Å². The molecule has 2 aromatic rings. The predicted octanol–water partition coefficient (Wildman–Crippen LogP) is 3.33. The maximum absolute atomic E-state index is 12.3. The van der Waals surface area contributed by atoms with Crippen LogP contribution in [0.3, 0.4) is 0 Å². The zero-order valence-corrected chi connectivity index (χ0v) is 14.9. The molecule has 0 unspecified atom stereocenters. The summed E-state index contributed by atoms with van der Waals surface area (Å²) in [5, 5.41) is 3.06. The predicted molar refractivity (Wildman–Crippen MR) is 96.1 cm³/mol. The molecule has 2 atom stereocenters. The number of urea groups is 1. The second kappa shape index (κ2) is 8.06. The van der Waals surface area contributed by atoms with Crippen LogP contribution in [0.4, 0.5) is 4.79 Å². The molecule has 1 aromatic carbocycles. The molecule has 6 heteroatoms. The molecule has 1 heterocycles. The third kappa shape index (κ3) is 4.51. The Balaban J connectivity index is 2.04. The second-order valence-electron chi connectivity index (χ2n) is 5.65. The van der Waals surface area contributed by atoms with Crippen LogP contribution in [0.5, 0.6) is 0 Å². The molecule has 0 spiro atoms. The number of thioether (sulfide) groups is 1. The topological polar surface area (TPSA) is 50.2 Å². The van der Waals surface area contributed by atoms with E-state index in [2.05, 4.69) is 23.3 Å². The van der Waals surface area contributed by atoms with Crippen molar-refractivity contribution in [3.05, 3.63) is 48.5 Å². The van der Waals surface area contributed by atoms with Gasteiger partial charge >= 0.3 is 6.03 Å². The fourth-order valence-corrected chi connectivity index (χ4v) is 3.00. The summed E-state index contributed by atoms with van der Waals surface area (Å²) in [5.74, 6) is 0.925. The Labute approximate surface area is 142 Å². The van der Waals surface area contributed by atoms with Gasteiger partial charge in [-0.1, -0.05) is 12.1 Å². The molecule has 0 aliphatic rings. The molecule has 0 saturated carbocycles. The molecule has 124 valence electrons. The second-order valence-corrected chi connectivity index (χ2v) is 6.56. The summed E-state index contributed by atoms with van der Waals surface area (Å²) < 4.78 is 1.95. The molecule has 0 aliphatic heterocycles. The average molecular weight is 332 g/mol. The number of amides is 2. The van der Waals surface area contributed by atoms with Crippen molar-refractivity contribution in [3.63, 3.8) is 0 Å². The van der Waals surface area contributed by atoms with E-state index in [1.165, 1.54) is 0 Å². The Morgan fingerprint density at radius 1 is 1.43 bits per heavy atom. The number of rotatable bonds is 6. The summed E-state index contributed by atoms with van der Waals surface area (Å²) in [6.45, 7) is 4.05. The maximum Gasteiger partial charge on any atom is 0.317 e. The van der Waals surface area contributed by atoms with Gasteiger partial charge in [0, 0.05) is 36.9 Å². The lowest BCUT2D eigenvalue weighted by atomic mass is 10.1. The quantitative estimate of drug-likeness (QED) is 0.883. The van der Waals surface area contributed by atoms with Crippen molar-refractivity contribution in [2.24, 2.45) is 0 Å². The number of carbonyl (C=O) groups is 1.